The van der Waals surface area contributed by atoms with Crippen molar-refractivity contribution in [2.24, 2.45) is 0 Å². The second-order valence-corrected chi connectivity index (χ2v) is 8.50. The Morgan fingerprint density at radius 1 is 1.48 bits per heavy atom. The van der Waals surface area contributed by atoms with Crippen LogP contribution in [-0.4, -0.2) is 60.3 Å². The van der Waals surface area contributed by atoms with Gasteiger partial charge in [0, 0.05) is 18.3 Å². The fraction of sp³-hybridized carbons (Fsp3) is 0.600. The van der Waals surface area contributed by atoms with Gasteiger partial charge in [0.25, 0.3) is 10.0 Å². The zero-order valence-corrected chi connectivity index (χ0v) is 15.7. The Labute approximate surface area is 151 Å². The molecule has 1 saturated heterocycles. The van der Waals surface area contributed by atoms with Gasteiger partial charge in [-0.05, 0) is 37.7 Å². The first kappa shape index (κ1) is 19.8. The van der Waals surface area contributed by atoms with Gasteiger partial charge in [0.2, 0.25) is 16.8 Å². The number of hydrogen-bond donors (Lipinski definition) is 2. The molecule has 1 aliphatic heterocycles. The average Bonchev–Trinajstić information content (AvgIpc) is 3.23. The summed E-state index contributed by atoms with van der Waals surface area (Å²) in [5, 5.41) is 11.3. The van der Waals surface area contributed by atoms with E-state index in [1.165, 1.54) is 0 Å². The lowest BCUT2D eigenvalue weighted by atomic mass is 10.2. The summed E-state index contributed by atoms with van der Waals surface area (Å²) in [6, 6.07) is 1.37. The van der Waals surface area contributed by atoms with Crippen molar-refractivity contribution < 1.29 is 27.5 Å². The average molecular weight is 390 g/mol. The minimum Gasteiger partial charge on any atom is -0.475 e. The first-order valence-corrected chi connectivity index (χ1v) is 10.8. The zero-order chi connectivity index (χ0) is 18.6. The lowest BCUT2D eigenvalue weighted by molar-refractivity contribution is -0.124. The normalized spacial score (nSPS) is 19.7. The Hall–Kier alpha value is -1.52. The van der Waals surface area contributed by atoms with Crippen molar-refractivity contribution in [3.8, 4) is 0 Å². The molecule has 2 N–H and O–H groups in total. The van der Waals surface area contributed by atoms with Gasteiger partial charge in [-0.1, -0.05) is 6.92 Å². The zero-order valence-electron chi connectivity index (χ0n) is 14.1. The van der Waals surface area contributed by atoms with Gasteiger partial charge < -0.3 is 14.8 Å². The number of rotatable bonds is 8. The van der Waals surface area contributed by atoms with Crippen molar-refractivity contribution in [2.75, 3.05) is 18.6 Å². The Kier molecular flexibility index (Phi) is 6.53. The van der Waals surface area contributed by atoms with Gasteiger partial charge in [-0.15, -0.1) is 0 Å². The van der Waals surface area contributed by atoms with E-state index in [0.717, 1.165) is 28.6 Å². The van der Waals surface area contributed by atoms with Gasteiger partial charge in [0.1, 0.15) is 6.04 Å². The lowest BCUT2D eigenvalue weighted by Crippen LogP contribution is -2.49. The number of nitrogens with one attached hydrogen (secondary N) is 1. The number of nitrogens with zero attached hydrogens (tertiary/aromatic N) is 1. The number of furan rings is 1. The molecule has 1 aromatic rings. The maximum atomic E-state index is 12.7. The summed E-state index contributed by atoms with van der Waals surface area (Å²) >= 11 is 1.61. The molecule has 0 radical (unpaired) electrons. The Morgan fingerprint density at radius 2 is 2.20 bits per heavy atom. The third kappa shape index (κ3) is 4.36. The summed E-state index contributed by atoms with van der Waals surface area (Å²) < 4.78 is 31.5. The molecule has 2 unspecified atom stereocenters. The molecule has 2 heterocycles. The van der Waals surface area contributed by atoms with Gasteiger partial charge in [-0.3, -0.25) is 4.79 Å². The number of thioether (sulfide) groups is 1. The molecule has 0 bridgehead atoms. The number of carbonyl (C=O) groups is 2. The van der Waals surface area contributed by atoms with E-state index >= 15 is 0 Å². The third-order valence-corrected chi connectivity index (χ3v) is 6.59. The molecule has 0 saturated carbocycles. The van der Waals surface area contributed by atoms with E-state index < -0.39 is 32.9 Å². The summed E-state index contributed by atoms with van der Waals surface area (Å²) in [6.07, 6.45) is 3.68. The SMILES string of the molecule is CCC(CSC)NC(=O)C1CCCN1S(=O)(=O)c1ccc(C(=O)O)o1. The van der Waals surface area contributed by atoms with Crippen molar-refractivity contribution in [1.82, 2.24) is 9.62 Å². The fourth-order valence-electron chi connectivity index (χ4n) is 2.74. The van der Waals surface area contributed by atoms with Crippen molar-refractivity contribution in [3.05, 3.63) is 17.9 Å². The molecule has 1 aliphatic rings. The van der Waals surface area contributed by atoms with Crippen LogP contribution in [0.4, 0.5) is 0 Å². The molecule has 1 fully saturated rings. The highest BCUT2D eigenvalue weighted by molar-refractivity contribution is 7.98. The molecule has 8 nitrogen and oxygen atoms in total. The molecule has 2 atom stereocenters. The van der Waals surface area contributed by atoms with E-state index in [0.29, 0.717) is 12.8 Å². The van der Waals surface area contributed by atoms with Crippen LogP contribution in [0, 0.1) is 0 Å². The van der Waals surface area contributed by atoms with Crippen LogP contribution < -0.4 is 5.32 Å². The van der Waals surface area contributed by atoms with Crippen LogP contribution in [0.25, 0.3) is 0 Å². The molecule has 10 heteroatoms. The van der Waals surface area contributed by atoms with Gasteiger partial charge >= 0.3 is 5.97 Å². The van der Waals surface area contributed by atoms with Crippen LogP contribution in [-0.2, 0) is 14.8 Å². The number of carbonyl (C=O) groups excluding carboxylic acids is 1. The minimum atomic E-state index is -4.06. The second kappa shape index (κ2) is 8.24. The minimum absolute atomic E-state index is 0.0186. The number of sulfonamides is 1. The van der Waals surface area contributed by atoms with Gasteiger partial charge in [-0.2, -0.15) is 16.1 Å². The monoisotopic (exact) mass is 390 g/mol. The van der Waals surface area contributed by atoms with E-state index in [1.54, 1.807) is 11.8 Å². The molecule has 0 aromatic carbocycles. The Morgan fingerprint density at radius 3 is 2.76 bits per heavy atom. The highest BCUT2D eigenvalue weighted by Gasteiger charge is 2.41. The number of aromatic carboxylic acids is 1. The summed E-state index contributed by atoms with van der Waals surface area (Å²) in [6.45, 7) is 2.16. The van der Waals surface area contributed by atoms with Gasteiger partial charge in [0.05, 0.1) is 0 Å². The number of amides is 1. The summed E-state index contributed by atoms with van der Waals surface area (Å²) in [5.41, 5.74) is 0. The first-order valence-electron chi connectivity index (χ1n) is 7.95. The van der Waals surface area contributed by atoms with E-state index in [9.17, 15) is 18.0 Å². The molecule has 0 aliphatic carbocycles. The van der Waals surface area contributed by atoms with Gasteiger partial charge in [0.15, 0.2) is 0 Å². The predicted molar refractivity (Wildman–Crippen MR) is 93.2 cm³/mol. The molecule has 0 spiro atoms. The van der Waals surface area contributed by atoms with Crippen LogP contribution in [0.15, 0.2) is 21.6 Å². The molecular weight excluding hydrogens is 368 g/mol. The van der Waals surface area contributed by atoms with E-state index in [1.807, 2.05) is 13.2 Å². The van der Waals surface area contributed by atoms with E-state index in [4.69, 9.17) is 9.52 Å². The van der Waals surface area contributed by atoms with Crippen LogP contribution in [0.5, 0.6) is 0 Å². The molecule has 25 heavy (non-hydrogen) atoms. The third-order valence-electron chi connectivity index (χ3n) is 4.07. The predicted octanol–water partition coefficient (Wildman–Crippen LogP) is 1.39. The number of carboxylic acids is 1. The van der Waals surface area contributed by atoms with E-state index in [2.05, 4.69) is 5.32 Å². The molecular formula is C15H22N2O6S2. The fourth-order valence-corrected chi connectivity index (χ4v) is 5.03. The van der Waals surface area contributed by atoms with Crippen LogP contribution in [0.2, 0.25) is 0 Å². The molecule has 140 valence electrons. The van der Waals surface area contributed by atoms with Crippen LogP contribution >= 0.6 is 11.8 Å². The molecule has 1 amide bonds. The Bertz CT molecular complexity index is 730. The quantitative estimate of drug-likeness (QED) is 0.689. The summed E-state index contributed by atoms with van der Waals surface area (Å²) in [4.78, 5) is 23.4. The number of carboxylic acid groups (broad SMARTS) is 1. The summed E-state index contributed by atoms with van der Waals surface area (Å²) in [5.74, 6) is -1.38. The molecule has 2 rings (SSSR count). The van der Waals surface area contributed by atoms with Crippen LogP contribution in [0.3, 0.4) is 0 Å². The standard InChI is InChI=1S/C15H22N2O6S2/c1-3-10(9-24-2)16-14(18)11-5-4-8-17(11)25(21,22)13-7-6-12(23-13)15(19)20/h6-7,10-11H,3-5,8-9H2,1-2H3,(H,16,18)(H,19,20). The maximum Gasteiger partial charge on any atom is 0.371 e. The molecule has 1 aromatic heterocycles. The highest BCUT2D eigenvalue weighted by atomic mass is 32.2. The number of hydrogen-bond acceptors (Lipinski definition) is 6. The second-order valence-electron chi connectivity index (χ2n) is 5.77. The summed E-state index contributed by atoms with van der Waals surface area (Å²) in [7, 11) is -4.06. The highest BCUT2D eigenvalue weighted by Crippen LogP contribution is 2.27. The lowest BCUT2D eigenvalue weighted by Gasteiger charge is -2.24. The van der Waals surface area contributed by atoms with Crippen LogP contribution in [0.1, 0.15) is 36.7 Å². The smallest absolute Gasteiger partial charge is 0.371 e. The topological polar surface area (TPSA) is 117 Å². The first-order chi connectivity index (χ1) is 11.8. The van der Waals surface area contributed by atoms with Crippen molar-refractivity contribution in [1.29, 1.82) is 0 Å². The largest absolute Gasteiger partial charge is 0.475 e. The maximum absolute atomic E-state index is 12.7. The van der Waals surface area contributed by atoms with E-state index in [-0.39, 0.29) is 18.5 Å². The van der Waals surface area contributed by atoms with Crippen molar-refractivity contribution in [3.63, 3.8) is 0 Å². The van der Waals surface area contributed by atoms with Gasteiger partial charge in [-0.25, -0.2) is 13.2 Å². The Balaban J connectivity index is 2.18. The van der Waals surface area contributed by atoms with Crippen molar-refractivity contribution in [2.45, 2.75) is 43.4 Å². The van der Waals surface area contributed by atoms with Crippen molar-refractivity contribution >= 4 is 33.7 Å².